The number of aromatic nitrogens is 2. The zero-order chi connectivity index (χ0) is 23.8. The SMILES string of the molecule is Cc1nn(-c2ccc(C(F)(F)F)cc2)c(C)c1C(=O)N[C@@]1(c2ccccc2)CCCC[C@H]1O. The molecule has 1 heterocycles. The standard InChI is InChI=1S/C25H26F3N3O2/c1-16-22(17(2)31(30-16)20-13-11-19(12-14-20)25(26,27)28)23(33)29-24(15-7-6-10-21(24)32)18-8-4-3-5-9-18/h3-5,8-9,11-14,21,32H,6-7,10,15H2,1-2H3,(H,29,33)/t21-,24-/m1/s1. The van der Waals surface area contributed by atoms with Crippen molar-refractivity contribution in [1.29, 1.82) is 0 Å². The van der Waals surface area contributed by atoms with Gasteiger partial charge in [-0.1, -0.05) is 43.2 Å². The van der Waals surface area contributed by atoms with Gasteiger partial charge in [0.25, 0.3) is 5.91 Å². The molecule has 0 bridgehead atoms. The molecule has 3 aromatic rings. The van der Waals surface area contributed by atoms with E-state index in [0.717, 1.165) is 30.5 Å². The largest absolute Gasteiger partial charge is 0.416 e. The van der Waals surface area contributed by atoms with Crippen LogP contribution in [-0.2, 0) is 11.7 Å². The highest BCUT2D eigenvalue weighted by molar-refractivity contribution is 5.97. The highest BCUT2D eigenvalue weighted by atomic mass is 19.4. The van der Waals surface area contributed by atoms with Crippen LogP contribution in [0.3, 0.4) is 0 Å². The molecule has 1 aliphatic rings. The molecule has 1 fully saturated rings. The number of alkyl halides is 3. The number of hydrogen-bond donors (Lipinski definition) is 2. The van der Waals surface area contributed by atoms with E-state index in [1.807, 2.05) is 30.3 Å². The Bertz CT molecular complexity index is 1140. The fourth-order valence-electron chi connectivity index (χ4n) is 4.72. The molecular weight excluding hydrogens is 431 g/mol. The fraction of sp³-hybridized carbons (Fsp3) is 0.360. The van der Waals surface area contributed by atoms with Gasteiger partial charge in [-0.3, -0.25) is 4.79 Å². The number of aliphatic hydroxyl groups is 1. The molecule has 2 N–H and O–H groups in total. The lowest BCUT2D eigenvalue weighted by Gasteiger charge is -2.42. The van der Waals surface area contributed by atoms with E-state index < -0.39 is 23.4 Å². The minimum atomic E-state index is -4.43. The highest BCUT2D eigenvalue weighted by Crippen LogP contribution is 2.38. The second-order valence-electron chi connectivity index (χ2n) is 8.56. The van der Waals surface area contributed by atoms with E-state index in [-0.39, 0.29) is 5.91 Å². The van der Waals surface area contributed by atoms with Crippen LogP contribution >= 0.6 is 0 Å². The molecule has 0 saturated heterocycles. The van der Waals surface area contributed by atoms with Crippen LogP contribution < -0.4 is 5.32 Å². The molecule has 1 saturated carbocycles. The quantitative estimate of drug-likeness (QED) is 0.575. The molecule has 4 rings (SSSR count). The number of amides is 1. The van der Waals surface area contributed by atoms with Crippen molar-refractivity contribution >= 4 is 5.91 Å². The van der Waals surface area contributed by atoms with Crippen LogP contribution in [0.5, 0.6) is 0 Å². The van der Waals surface area contributed by atoms with Crippen molar-refractivity contribution in [3.05, 3.63) is 82.7 Å². The summed E-state index contributed by atoms with van der Waals surface area (Å²) in [7, 11) is 0. The number of benzene rings is 2. The van der Waals surface area contributed by atoms with E-state index in [4.69, 9.17) is 0 Å². The predicted octanol–water partition coefficient (Wildman–Crippen LogP) is 5.07. The molecule has 2 aromatic carbocycles. The first-order valence-corrected chi connectivity index (χ1v) is 10.9. The van der Waals surface area contributed by atoms with Gasteiger partial charge in [0.2, 0.25) is 0 Å². The summed E-state index contributed by atoms with van der Waals surface area (Å²) in [5.41, 5.74) is 0.932. The summed E-state index contributed by atoms with van der Waals surface area (Å²) in [5.74, 6) is -0.368. The van der Waals surface area contributed by atoms with Crippen molar-refractivity contribution in [2.24, 2.45) is 0 Å². The molecule has 1 aromatic heterocycles. The van der Waals surface area contributed by atoms with Gasteiger partial charge < -0.3 is 10.4 Å². The first kappa shape index (κ1) is 23.0. The van der Waals surface area contributed by atoms with Gasteiger partial charge in [0.1, 0.15) is 0 Å². The first-order chi connectivity index (χ1) is 15.6. The Morgan fingerprint density at radius 2 is 1.76 bits per heavy atom. The summed E-state index contributed by atoms with van der Waals surface area (Å²) in [6, 6.07) is 14.1. The summed E-state index contributed by atoms with van der Waals surface area (Å²) in [5, 5.41) is 18.5. The van der Waals surface area contributed by atoms with Gasteiger partial charge in [-0.05, 0) is 56.5 Å². The number of hydrogen-bond acceptors (Lipinski definition) is 3. The van der Waals surface area contributed by atoms with E-state index >= 15 is 0 Å². The van der Waals surface area contributed by atoms with Gasteiger partial charge in [0, 0.05) is 0 Å². The minimum absolute atomic E-state index is 0.350. The maximum absolute atomic E-state index is 13.5. The second kappa shape index (κ2) is 8.67. The van der Waals surface area contributed by atoms with Gasteiger partial charge >= 0.3 is 6.18 Å². The van der Waals surface area contributed by atoms with Crippen molar-refractivity contribution in [3.8, 4) is 5.69 Å². The Morgan fingerprint density at radius 3 is 2.36 bits per heavy atom. The molecule has 1 aliphatic carbocycles. The van der Waals surface area contributed by atoms with E-state index in [2.05, 4.69) is 10.4 Å². The summed E-state index contributed by atoms with van der Waals surface area (Å²) < 4.78 is 40.2. The molecule has 2 atom stereocenters. The molecule has 33 heavy (non-hydrogen) atoms. The fourth-order valence-corrected chi connectivity index (χ4v) is 4.72. The van der Waals surface area contributed by atoms with Crippen molar-refractivity contribution in [1.82, 2.24) is 15.1 Å². The van der Waals surface area contributed by atoms with E-state index in [9.17, 15) is 23.1 Å². The normalized spacial score (nSPS) is 21.1. The number of nitrogens with one attached hydrogen (secondary N) is 1. The van der Waals surface area contributed by atoms with Gasteiger partial charge in [-0.25, -0.2) is 4.68 Å². The number of aliphatic hydroxyl groups excluding tert-OH is 1. The van der Waals surface area contributed by atoms with Crippen LogP contribution in [0.1, 0.15) is 58.6 Å². The van der Waals surface area contributed by atoms with E-state index in [1.54, 1.807) is 13.8 Å². The van der Waals surface area contributed by atoms with Crippen molar-refractivity contribution < 1.29 is 23.1 Å². The Morgan fingerprint density at radius 1 is 1.09 bits per heavy atom. The number of rotatable bonds is 4. The number of nitrogens with zero attached hydrogens (tertiary/aromatic N) is 2. The smallest absolute Gasteiger partial charge is 0.390 e. The molecular formula is C25H26F3N3O2. The molecule has 8 heteroatoms. The Labute approximate surface area is 190 Å². The lowest BCUT2D eigenvalue weighted by atomic mass is 9.74. The summed E-state index contributed by atoms with van der Waals surface area (Å²) in [4.78, 5) is 13.5. The number of halogens is 3. The molecule has 0 radical (unpaired) electrons. The molecule has 1 amide bonds. The molecule has 0 spiro atoms. The van der Waals surface area contributed by atoms with Crippen LogP contribution in [0.4, 0.5) is 13.2 Å². The van der Waals surface area contributed by atoms with Crippen LogP contribution in [0.2, 0.25) is 0 Å². The van der Waals surface area contributed by atoms with Gasteiger partial charge in [-0.15, -0.1) is 0 Å². The van der Waals surface area contributed by atoms with Crippen LogP contribution in [-0.4, -0.2) is 26.9 Å². The molecule has 0 unspecified atom stereocenters. The van der Waals surface area contributed by atoms with Gasteiger partial charge in [-0.2, -0.15) is 18.3 Å². The van der Waals surface area contributed by atoms with Crippen LogP contribution in [0, 0.1) is 13.8 Å². The summed E-state index contributed by atoms with van der Waals surface area (Å²) in [6.07, 6.45) is -2.22. The Hall–Kier alpha value is -3.13. The third-order valence-corrected chi connectivity index (χ3v) is 6.45. The van der Waals surface area contributed by atoms with Crippen molar-refractivity contribution in [2.75, 3.05) is 0 Å². The number of carbonyl (C=O) groups excluding carboxylic acids is 1. The average Bonchev–Trinajstić information content (AvgIpc) is 3.09. The maximum Gasteiger partial charge on any atom is 0.416 e. The maximum atomic E-state index is 13.5. The lowest BCUT2D eigenvalue weighted by Crippen LogP contribution is -2.55. The third kappa shape index (κ3) is 4.27. The Kier molecular flexibility index (Phi) is 6.05. The van der Waals surface area contributed by atoms with Gasteiger partial charge in [0.05, 0.1) is 39.8 Å². The highest BCUT2D eigenvalue weighted by Gasteiger charge is 2.43. The zero-order valence-corrected chi connectivity index (χ0v) is 18.5. The average molecular weight is 457 g/mol. The Balaban J connectivity index is 1.68. The van der Waals surface area contributed by atoms with Crippen LogP contribution in [0.15, 0.2) is 54.6 Å². The lowest BCUT2D eigenvalue weighted by molar-refractivity contribution is -0.137. The number of aryl methyl sites for hydroxylation is 1. The van der Waals surface area contributed by atoms with Gasteiger partial charge in [0.15, 0.2) is 0 Å². The van der Waals surface area contributed by atoms with Crippen molar-refractivity contribution in [2.45, 2.75) is 57.3 Å². The van der Waals surface area contributed by atoms with E-state index in [1.165, 1.54) is 16.8 Å². The molecule has 174 valence electrons. The monoisotopic (exact) mass is 457 g/mol. The second-order valence-corrected chi connectivity index (χ2v) is 8.56. The number of carbonyl (C=O) groups is 1. The third-order valence-electron chi connectivity index (χ3n) is 6.45. The van der Waals surface area contributed by atoms with Crippen molar-refractivity contribution in [3.63, 3.8) is 0 Å². The molecule has 0 aliphatic heterocycles. The zero-order valence-electron chi connectivity index (χ0n) is 18.5. The molecule has 5 nitrogen and oxygen atoms in total. The summed E-state index contributed by atoms with van der Waals surface area (Å²) in [6.45, 7) is 3.40. The minimum Gasteiger partial charge on any atom is -0.390 e. The van der Waals surface area contributed by atoms with Crippen LogP contribution in [0.25, 0.3) is 5.69 Å². The summed E-state index contributed by atoms with van der Waals surface area (Å²) >= 11 is 0. The first-order valence-electron chi connectivity index (χ1n) is 10.9. The predicted molar refractivity (Wildman–Crippen MR) is 118 cm³/mol. The van der Waals surface area contributed by atoms with E-state index in [0.29, 0.717) is 35.5 Å². The topological polar surface area (TPSA) is 67.2 Å².